The van der Waals surface area contributed by atoms with Gasteiger partial charge in [0.2, 0.25) is 0 Å². The van der Waals surface area contributed by atoms with E-state index in [-0.39, 0.29) is 27.0 Å². The minimum atomic E-state index is -0.980. The number of carboxylic acid groups (broad SMARTS) is 1. The van der Waals surface area contributed by atoms with E-state index in [0.717, 1.165) is 12.8 Å². The molecule has 1 aromatic heterocycles. The number of carboxylic acids is 1. The van der Waals surface area contributed by atoms with Gasteiger partial charge in [0, 0.05) is 11.9 Å². The molecular formula is C13H12Cl2N2O3S. The molecule has 2 unspecified atom stereocenters. The number of aliphatic carboxylic acids is 1. The van der Waals surface area contributed by atoms with Gasteiger partial charge in [-0.05, 0) is 24.8 Å². The summed E-state index contributed by atoms with van der Waals surface area (Å²) in [6.45, 7) is 0. The lowest BCUT2D eigenvalue weighted by Gasteiger charge is -2.27. The van der Waals surface area contributed by atoms with Crippen molar-refractivity contribution in [3.63, 3.8) is 0 Å². The molecule has 2 atom stereocenters. The van der Waals surface area contributed by atoms with E-state index in [4.69, 9.17) is 23.2 Å². The topological polar surface area (TPSA) is 70.5 Å². The fourth-order valence-electron chi connectivity index (χ4n) is 2.41. The molecule has 2 aliphatic rings. The van der Waals surface area contributed by atoms with Gasteiger partial charge in [-0.2, -0.15) is 0 Å². The number of hydrogen-bond donors (Lipinski definition) is 1. The maximum atomic E-state index is 12.7. The summed E-state index contributed by atoms with van der Waals surface area (Å²) in [7, 11) is 0. The molecule has 2 heterocycles. The number of thioether (sulfide) groups is 1. The Balaban J connectivity index is 1.91. The van der Waals surface area contributed by atoms with Crippen molar-refractivity contribution in [1.29, 1.82) is 0 Å². The first-order valence-corrected chi connectivity index (χ1v) is 8.27. The summed E-state index contributed by atoms with van der Waals surface area (Å²) in [6.07, 6.45) is 3.41. The molecule has 1 aromatic rings. The highest BCUT2D eigenvalue weighted by molar-refractivity contribution is 8.00. The average molecular weight is 347 g/mol. The molecule has 3 rings (SSSR count). The Morgan fingerprint density at radius 1 is 1.38 bits per heavy atom. The van der Waals surface area contributed by atoms with Crippen LogP contribution in [0.3, 0.4) is 0 Å². The lowest BCUT2D eigenvalue weighted by molar-refractivity contribution is -0.141. The maximum absolute atomic E-state index is 12.7. The van der Waals surface area contributed by atoms with Crippen LogP contribution < -0.4 is 0 Å². The van der Waals surface area contributed by atoms with Crippen LogP contribution in [0.15, 0.2) is 12.3 Å². The zero-order chi connectivity index (χ0) is 15.1. The molecule has 21 heavy (non-hydrogen) atoms. The Kier molecular flexibility index (Phi) is 4.03. The van der Waals surface area contributed by atoms with Gasteiger partial charge in [-0.1, -0.05) is 23.2 Å². The van der Waals surface area contributed by atoms with Crippen LogP contribution in [0.1, 0.15) is 23.2 Å². The molecule has 112 valence electrons. The van der Waals surface area contributed by atoms with Gasteiger partial charge >= 0.3 is 5.97 Å². The highest BCUT2D eigenvalue weighted by Gasteiger charge is 2.48. The highest BCUT2D eigenvalue weighted by atomic mass is 35.5. The van der Waals surface area contributed by atoms with Crippen molar-refractivity contribution < 1.29 is 14.7 Å². The van der Waals surface area contributed by atoms with Crippen molar-refractivity contribution in [2.75, 3.05) is 5.75 Å². The van der Waals surface area contributed by atoms with Crippen LogP contribution in [-0.2, 0) is 4.79 Å². The Hall–Kier alpha value is -0.980. The van der Waals surface area contributed by atoms with Gasteiger partial charge in [-0.15, -0.1) is 11.8 Å². The second-order valence-corrected chi connectivity index (χ2v) is 7.04. The molecule has 1 saturated carbocycles. The number of carbonyl (C=O) groups excluding carboxylic acids is 1. The van der Waals surface area contributed by atoms with Gasteiger partial charge in [0.15, 0.2) is 0 Å². The fraction of sp³-hybridized carbons (Fsp3) is 0.462. The molecule has 2 fully saturated rings. The first-order valence-electron chi connectivity index (χ1n) is 6.47. The van der Waals surface area contributed by atoms with Gasteiger partial charge < -0.3 is 10.0 Å². The van der Waals surface area contributed by atoms with Gasteiger partial charge in [-0.25, -0.2) is 9.78 Å². The average Bonchev–Trinajstić information content (AvgIpc) is 3.19. The number of nitrogens with zero attached hydrogens (tertiary/aromatic N) is 2. The van der Waals surface area contributed by atoms with E-state index < -0.39 is 12.0 Å². The van der Waals surface area contributed by atoms with Crippen molar-refractivity contribution in [1.82, 2.24) is 9.88 Å². The zero-order valence-electron chi connectivity index (χ0n) is 10.8. The van der Waals surface area contributed by atoms with E-state index >= 15 is 0 Å². The molecule has 8 heteroatoms. The number of amides is 1. The first-order chi connectivity index (χ1) is 9.99. The van der Waals surface area contributed by atoms with Gasteiger partial charge in [0.05, 0.1) is 16.0 Å². The summed E-state index contributed by atoms with van der Waals surface area (Å²) < 4.78 is 0. The van der Waals surface area contributed by atoms with E-state index in [0.29, 0.717) is 11.7 Å². The summed E-state index contributed by atoms with van der Waals surface area (Å²) in [5.41, 5.74) is 0.267. The van der Waals surface area contributed by atoms with Gasteiger partial charge in [0.25, 0.3) is 5.91 Å². The van der Waals surface area contributed by atoms with Crippen molar-refractivity contribution in [3.05, 3.63) is 28.0 Å². The van der Waals surface area contributed by atoms with Crippen molar-refractivity contribution in [2.45, 2.75) is 24.3 Å². The normalized spacial score (nSPS) is 25.1. The van der Waals surface area contributed by atoms with Crippen LogP contribution in [-0.4, -0.2) is 44.0 Å². The lowest BCUT2D eigenvalue weighted by atomic mass is 10.2. The third kappa shape index (κ3) is 2.84. The number of halogens is 2. The molecular weight excluding hydrogens is 335 g/mol. The molecule has 0 spiro atoms. The van der Waals surface area contributed by atoms with E-state index in [9.17, 15) is 14.7 Å². The predicted octanol–water partition coefficient (Wildman–Crippen LogP) is 2.77. The summed E-state index contributed by atoms with van der Waals surface area (Å²) in [6, 6.07) is 0.632. The number of aromatic nitrogens is 1. The highest BCUT2D eigenvalue weighted by Crippen LogP contribution is 2.46. The third-order valence-corrected chi connectivity index (χ3v) is 5.77. The number of rotatable bonds is 3. The maximum Gasteiger partial charge on any atom is 0.327 e. The summed E-state index contributed by atoms with van der Waals surface area (Å²) in [4.78, 5) is 29.4. The molecule has 5 nitrogen and oxygen atoms in total. The van der Waals surface area contributed by atoms with E-state index in [1.54, 1.807) is 0 Å². The van der Waals surface area contributed by atoms with Crippen LogP contribution >= 0.6 is 35.0 Å². The quantitative estimate of drug-likeness (QED) is 0.852. The van der Waals surface area contributed by atoms with Crippen molar-refractivity contribution >= 4 is 46.8 Å². The summed E-state index contributed by atoms with van der Waals surface area (Å²) in [5.74, 6) is -0.529. The predicted molar refractivity (Wildman–Crippen MR) is 80.8 cm³/mol. The van der Waals surface area contributed by atoms with Crippen LogP contribution in [0, 0.1) is 5.92 Å². The molecule has 0 bridgehead atoms. The van der Waals surface area contributed by atoms with Gasteiger partial charge in [-0.3, -0.25) is 4.79 Å². The summed E-state index contributed by atoms with van der Waals surface area (Å²) >= 11 is 13.2. The van der Waals surface area contributed by atoms with Crippen LogP contribution in [0.25, 0.3) is 0 Å². The fourth-order valence-corrected chi connectivity index (χ4v) is 4.31. The summed E-state index contributed by atoms with van der Waals surface area (Å²) in [5, 5.41) is 9.56. The smallest absolute Gasteiger partial charge is 0.327 e. The van der Waals surface area contributed by atoms with Gasteiger partial charge in [0.1, 0.15) is 11.2 Å². The van der Waals surface area contributed by atoms with Crippen molar-refractivity contribution in [2.24, 2.45) is 5.92 Å². The third-order valence-electron chi connectivity index (χ3n) is 3.62. The Morgan fingerprint density at radius 2 is 2.10 bits per heavy atom. The Labute approximate surface area is 135 Å². The van der Waals surface area contributed by atoms with E-state index in [2.05, 4.69) is 4.98 Å². The Morgan fingerprint density at radius 3 is 2.67 bits per heavy atom. The minimum Gasteiger partial charge on any atom is -0.480 e. The van der Waals surface area contributed by atoms with Crippen LogP contribution in [0.4, 0.5) is 0 Å². The largest absolute Gasteiger partial charge is 0.480 e. The molecule has 0 radical (unpaired) electrons. The first kappa shape index (κ1) is 14.9. The SMILES string of the molecule is O=C(O)C1CSC(C2CC2)N1C(=O)c1cnc(Cl)c(Cl)c1. The lowest BCUT2D eigenvalue weighted by Crippen LogP contribution is -2.46. The number of pyridine rings is 1. The van der Waals surface area contributed by atoms with Crippen LogP contribution in [0.2, 0.25) is 10.2 Å². The minimum absolute atomic E-state index is 0.0759. The number of carbonyl (C=O) groups is 2. The molecule has 1 amide bonds. The molecule has 1 saturated heterocycles. The molecule has 0 aromatic carbocycles. The van der Waals surface area contributed by atoms with E-state index in [1.807, 2.05) is 0 Å². The van der Waals surface area contributed by atoms with Crippen LogP contribution in [0.5, 0.6) is 0 Å². The standard InChI is InChI=1S/C13H12Cl2N2O3S/c14-8-3-7(4-16-10(8)15)11(18)17-9(13(19)20)5-21-12(17)6-1-2-6/h3-4,6,9,12H,1-2,5H2,(H,19,20). The zero-order valence-corrected chi connectivity index (χ0v) is 13.2. The second kappa shape index (κ2) is 5.66. The number of hydrogen-bond acceptors (Lipinski definition) is 4. The molecule has 1 aliphatic heterocycles. The van der Waals surface area contributed by atoms with E-state index in [1.165, 1.54) is 28.9 Å². The van der Waals surface area contributed by atoms with Crippen molar-refractivity contribution in [3.8, 4) is 0 Å². The second-order valence-electron chi connectivity index (χ2n) is 5.12. The monoisotopic (exact) mass is 346 g/mol. The molecule has 1 N–H and O–H groups in total. The molecule has 1 aliphatic carbocycles. The Bertz CT molecular complexity index is 609.